The molecule has 2 aromatic rings. The lowest BCUT2D eigenvalue weighted by atomic mass is 10.1. The summed E-state index contributed by atoms with van der Waals surface area (Å²) in [6, 6.07) is 7.78. The Bertz CT molecular complexity index is 576. The Kier molecular flexibility index (Phi) is 3.64. The average Bonchev–Trinajstić information content (AvgIpc) is 3.04. The van der Waals surface area contributed by atoms with Crippen LogP contribution in [0.2, 0.25) is 10.0 Å². The second-order valence-electron chi connectivity index (χ2n) is 4.63. The molecule has 100 valence electrons. The minimum Gasteiger partial charge on any atom is -0.365 e. The van der Waals surface area contributed by atoms with Crippen LogP contribution in [-0.2, 0) is 0 Å². The Balaban J connectivity index is 1.82. The van der Waals surface area contributed by atoms with Crippen molar-refractivity contribution in [1.82, 2.24) is 15.5 Å². The molecule has 1 saturated heterocycles. The molecule has 0 radical (unpaired) electrons. The number of halogens is 2. The van der Waals surface area contributed by atoms with E-state index in [0.717, 1.165) is 36.6 Å². The molecule has 0 bridgehead atoms. The van der Waals surface area contributed by atoms with Gasteiger partial charge in [0.25, 0.3) is 0 Å². The third-order valence-corrected chi connectivity index (χ3v) is 3.77. The van der Waals surface area contributed by atoms with Gasteiger partial charge in [0.1, 0.15) is 5.82 Å². The first-order chi connectivity index (χ1) is 9.22. The molecule has 6 heteroatoms. The van der Waals surface area contributed by atoms with Crippen molar-refractivity contribution in [3.8, 4) is 11.3 Å². The van der Waals surface area contributed by atoms with Gasteiger partial charge in [0.05, 0.1) is 10.7 Å². The third-order valence-electron chi connectivity index (χ3n) is 3.21. The van der Waals surface area contributed by atoms with Crippen molar-refractivity contribution in [3.05, 3.63) is 34.3 Å². The predicted molar refractivity (Wildman–Crippen MR) is 78.9 cm³/mol. The fraction of sp³-hybridized carbons (Fsp3) is 0.308. The van der Waals surface area contributed by atoms with Crippen LogP contribution in [-0.4, -0.2) is 29.3 Å². The fourth-order valence-corrected chi connectivity index (χ4v) is 2.62. The summed E-state index contributed by atoms with van der Waals surface area (Å²) in [4.78, 5) is 0. The standard InChI is InChI=1S/C13H14Cl2N4/c14-8-1-2-11(15)10(5-8)12-6-13(19-18-12)17-9-3-4-16-7-9/h1-2,5-6,9,16H,3-4,7H2,(H2,17,18,19). The molecule has 1 aromatic heterocycles. The van der Waals surface area contributed by atoms with Gasteiger partial charge < -0.3 is 10.6 Å². The molecule has 19 heavy (non-hydrogen) atoms. The van der Waals surface area contributed by atoms with Crippen LogP contribution in [0, 0.1) is 0 Å². The molecule has 4 nitrogen and oxygen atoms in total. The van der Waals surface area contributed by atoms with E-state index in [-0.39, 0.29) is 0 Å². The van der Waals surface area contributed by atoms with E-state index in [9.17, 15) is 0 Å². The maximum Gasteiger partial charge on any atom is 0.148 e. The largest absolute Gasteiger partial charge is 0.365 e. The second-order valence-corrected chi connectivity index (χ2v) is 5.47. The quantitative estimate of drug-likeness (QED) is 0.815. The number of aromatic nitrogens is 2. The number of H-pyrrole nitrogens is 1. The Morgan fingerprint density at radius 1 is 1.26 bits per heavy atom. The summed E-state index contributed by atoms with van der Waals surface area (Å²) in [6.07, 6.45) is 1.11. The number of anilines is 1. The smallest absolute Gasteiger partial charge is 0.148 e. The van der Waals surface area contributed by atoms with Crippen LogP contribution in [0.1, 0.15) is 6.42 Å². The predicted octanol–water partition coefficient (Wildman–Crippen LogP) is 3.16. The van der Waals surface area contributed by atoms with Gasteiger partial charge in [-0.15, -0.1) is 0 Å². The van der Waals surface area contributed by atoms with Crippen LogP contribution >= 0.6 is 23.2 Å². The van der Waals surface area contributed by atoms with Gasteiger partial charge in [-0.25, -0.2) is 0 Å². The Hall–Kier alpha value is -1.23. The molecule has 1 aromatic carbocycles. The summed E-state index contributed by atoms with van der Waals surface area (Å²) in [6.45, 7) is 2.02. The van der Waals surface area contributed by atoms with E-state index < -0.39 is 0 Å². The first-order valence-corrected chi connectivity index (χ1v) is 6.96. The monoisotopic (exact) mass is 296 g/mol. The molecular formula is C13H14Cl2N4. The molecule has 1 aliphatic heterocycles. The van der Waals surface area contributed by atoms with E-state index >= 15 is 0 Å². The number of rotatable bonds is 3. The average molecular weight is 297 g/mol. The Morgan fingerprint density at radius 3 is 2.95 bits per heavy atom. The minimum absolute atomic E-state index is 0.436. The van der Waals surface area contributed by atoms with E-state index in [2.05, 4.69) is 20.8 Å². The van der Waals surface area contributed by atoms with Crippen molar-refractivity contribution in [2.24, 2.45) is 0 Å². The molecule has 0 spiro atoms. The highest BCUT2D eigenvalue weighted by Crippen LogP contribution is 2.30. The van der Waals surface area contributed by atoms with Crippen molar-refractivity contribution in [1.29, 1.82) is 0 Å². The molecule has 3 rings (SSSR count). The molecular weight excluding hydrogens is 283 g/mol. The first-order valence-electron chi connectivity index (χ1n) is 6.20. The van der Waals surface area contributed by atoms with Crippen LogP contribution < -0.4 is 10.6 Å². The molecule has 0 saturated carbocycles. The van der Waals surface area contributed by atoms with Gasteiger partial charge in [-0.2, -0.15) is 5.10 Å². The summed E-state index contributed by atoms with van der Waals surface area (Å²) < 4.78 is 0. The summed E-state index contributed by atoms with van der Waals surface area (Å²) in [5.74, 6) is 0.833. The molecule has 0 aliphatic carbocycles. The van der Waals surface area contributed by atoms with Gasteiger partial charge in [0.2, 0.25) is 0 Å². The molecule has 0 amide bonds. The highest BCUT2D eigenvalue weighted by Gasteiger charge is 2.15. The van der Waals surface area contributed by atoms with Crippen LogP contribution in [0.4, 0.5) is 5.82 Å². The van der Waals surface area contributed by atoms with Crippen LogP contribution in [0.3, 0.4) is 0 Å². The summed E-state index contributed by atoms with van der Waals surface area (Å²) >= 11 is 12.2. The Morgan fingerprint density at radius 2 is 2.16 bits per heavy atom. The Labute approximate surface area is 121 Å². The topological polar surface area (TPSA) is 52.7 Å². The summed E-state index contributed by atoms with van der Waals surface area (Å²) in [5, 5.41) is 15.3. The van der Waals surface area contributed by atoms with Gasteiger partial charge in [-0.3, -0.25) is 5.10 Å². The molecule has 1 aliphatic rings. The minimum atomic E-state index is 0.436. The number of benzene rings is 1. The zero-order chi connectivity index (χ0) is 13.2. The highest BCUT2D eigenvalue weighted by atomic mass is 35.5. The molecule has 1 unspecified atom stereocenters. The normalized spacial score (nSPS) is 18.7. The van der Waals surface area contributed by atoms with E-state index in [0.29, 0.717) is 16.1 Å². The molecule has 2 heterocycles. The van der Waals surface area contributed by atoms with Crippen molar-refractivity contribution in [2.75, 3.05) is 18.4 Å². The van der Waals surface area contributed by atoms with E-state index in [1.54, 1.807) is 12.1 Å². The number of nitrogens with one attached hydrogen (secondary N) is 3. The van der Waals surface area contributed by atoms with Crippen molar-refractivity contribution in [3.63, 3.8) is 0 Å². The van der Waals surface area contributed by atoms with Crippen molar-refractivity contribution >= 4 is 29.0 Å². The lowest BCUT2D eigenvalue weighted by Gasteiger charge is -2.08. The molecule has 1 atom stereocenters. The van der Waals surface area contributed by atoms with Crippen LogP contribution in [0.5, 0.6) is 0 Å². The molecule has 3 N–H and O–H groups in total. The van der Waals surface area contributed by atoms with Crippen LogP contribution in [0.15, 0.2) is 24.3 Å². The summed E-state index contributed by atoms with van der Waals surface area (Å²) in [7, 11) is 0. The van der Waals surface area contributed by atoms with Crippen LogP contribution in [0.25, 0.3) is 11.3 Å². The van der Waals surface area contributed by atoms with Crippen molar-refractivity contribution < 1.29 is 0 Å². The van der Waals surface area contributed by atoms with Gasteiger partial charge in [0, 0.05) is 29.2 Å². The second kappa shape index (κ2) is 5.41. The summed E-state index contributed by atoms with van der Waals surface area (Å²) in [5.41, 5.74) is 1.72. The fourth-order valence-electron chi connectivity index (χ4n) is 2.22. The van der Waals surface area contributed by atoms with E-state index in [1.165, 1.54) is 0 Å². The highest BCUT2D eigenvalue weighted by molar-refractivity contribution is 6.35. The number of hydrogen-bond donors (Lipinski definition) is 3. The zero-order valence-corrected chi connectivity index (χ0v) is 11.7. The number of hydrogen-bond acceptors (Lipinski definition) is 3. The van der Waals surface area contributed by atoms with Gasteiger partial charge in [-0.05, 0) is 31.2 Å². The van der Waals surface area contributed by atoms with Crippen molar-refractivity contribution in [2.45, 2.75) is 12.5 Å². The molecule has 1 fully saturated rings. The first kappa shape index (κ1) is 12.8. The lowest BCUT2D eigenvalue weighted by molar-refractivity contribution is 0.786. The van der Waals surface area contributed by atoms with Gasteiger partial charge in [0.15, 0.2) is 0 Å². The third kappa shape index (κ3) is 2.86. The number of nitrogens with zero attached hydrogens (tertiary/aromatic N) is 1. The SMILES string of the molecule is Clc1ccc(Cl)c(-c2cc(NC3CCNC3)n[nH]2)c1. The lowest BCUT2D eigenvalue weighted by Crippen LogP contribution is -2.22. The van der Waals surface area contributed by atoms with Gasteiger partial charge >= 0.3 is 0 Å². The maximum absolute atomic E-state index is 6.17. The zero-order valence-electron chi connectivity index (χ0n) is 10.2. The van der Waals surface area contributed by atoms with E-state index in [1.807, 2.05) is 12.1 Å². The van der Waals surface area contributed by atoms with Gasteiger partial charge in [-0.1, -0.05) is 23.2 Å². The number of aromatic amines is 1. The maximum atomic E-state index is 6.17. The van der Waals surface area contributed by atoms with E-state index in [4.69, 9.17) is 23.2 Å².